The number of aryl methyl sites for hydroxylation is 1. The standard InChI is InChI=1S/C28H30FN5O2/c1-16-14-31-28(35)22-7-5-19(13-23(16)22)25-27(30)33-26(29)24(32-25)18-4-6-21(17-8-10-36-11-9-17)20(12-18)15-34(2)3/h4-7,12-14,17H,8-11,15H2,1-3H3,(H2,30,33)(H,31,35). The van der Waals surface area contributed by atoms with E-state index in [4.69, 9.17) is 10.5 Å². The van der Waals surface area contributed by atoms with Crippen LogP contribution in [0.3, 0.4) is 0 Å². The van der Waals surface area contributed by atoms with Crippen molar-refractivity contribution < 1.29 is 9.13 Å². The maximum atomic E-state index is 15.1. The predicted octanol–water partition coefficient (Wildman–Crippen LogP) is 4.64. The number of hydrogen-bond acceptors (Lipinski definition) is 6. The summed E-state index contributed by atoms with van der Waals surface area (Å²) in [7, 11) is 4.05. The van der Waals surface area contributed by atoms with Crippen molar-refractivity contribution in [3.8, 4) is 22.5 Å². The lowest BCUT2D eigenvalue weighted by Gasteiger charge is -2.26. The van der Waals surface area contributed by atoms with Crippen LogP contribution in [0.2, 0.25) is 0 Å². The van der Waals surface area contributed by atoms with Crippen LogP contribution in [-0.2, 0) is 11.3 Å². The molecule has 4 aromatic rings. The van der Waals surface area contributed by atoms with Gasteiger partial charge in [0.25, 0.3) is 5.56 Å². The van der Waals surface area contributed by atoms with Crippen molar-refractivity contribution in [2.24, 2.45) is 0 Å². The fraction of sp³-hybridized carbons (Fsp3) is 0.321. The van der Waals surface area contributed by atoms with Gasteiger partial charge in [-0.1, -0.05) is 18.2 Å². The number of aromatic nitrogens is 3. The van der Waals surface area contributed by atoms with Crippen LogP contribution in [0.25, 0.3) is 33.3 Å². The number of halogens is 1. The zero-order valence-electron chi connectivity index (χ0n) is 20.8. The topological polar surface area (TPSA) is 97.1 Å². The van der Waals surface area contributed by atoms with E-state index >= 15 is 4.39 Å². The van der Waals surface area contributed by atoms with E-state index in [9.17, 15) is 4.79 Å². The highest BCUT2D eigenvalue weighted by molar-refractivity contribution is 5.90. The molecule has 8 heteroatoms. The number of fused-ring (bicyclic) bond motifs is 1. The predicted molar refractivity (Wildman–Crippen MR) is 140 cm³/mol. The Hall–Kier alpha value is -3.62. The highest BCUT2D eigenvalue weighted by Crippen LogP contribution is 2.35. The van der Waals surface area contributed by atoms with E-state index < -0.39 is 5.95 Å². The number of rotatable bonds is 5. The van der Waals surface area contributed by atoms with Gasteiger partial charge in [-0.25, -0.2) is 4.98 Å². The average molecular weight is 488 g/mol. The van der Waals surface area contributed by atoms with E-state index in [1.165, 1.54) is 5.56 Å². The average Bonchev–Trinajstić information content (AvgIpc) is 2.86. The van der Waals surface area contributed by atoms with Gasteiger partial charge in [-0.2, -0.15) is 9.37 Å². The molecule has 1 aliphatic heterocycles. The third kappa shape index (κ3) is 4.62. The summed E-state index contributed by atoms with van der Waals surface area (Å²) in [4.78, 5) is 25.7. The monoisotopic (exact) mass is 487 g/mol. The van der Waals surface area contributed by atoms with E-state index in [-0.39, 0.29) is 17.1 Å². The van der Waals surface area contributed by atoms with Crippen LogP contribution in [0.15, 0.2) is 47.4 Å². The number of nitrogens with one attached hydrogen (secondary N) is 1. The Morgan fingerprint density at radius 2 is 1.78 bits per heavy atom. The van der Waals surface area contributed by atoms with Crippen LogP contribution in [0.5, 0.6) is 0 Å². The molecule has 0 atom stereocenters. The molecule has 0 bridgehead atoms. The smallest absolute Gasteiger partial charge is 0.255 e. The quantitative estimate of drug-likeness (QED) is 0.426. The first-order chi connectivity index (χ1) is 17.3. The first-order valence-electron chi connectivity index (χ1n) is 12.1. The number of aromatic amines is 1. The third-order valence-corrected chi connectivity index (χ3v) is 6.83. The zero-order valence-corrected chi connectivity index (χ0v) is 20.8. The van der Waals surface area contributed by atoms with Crippen LogP contribution in [0.1, 0.15) is 35.4 Å². The van der Waals surface area contributed by atoms with Gasteiger partial charge in [0.05, 0.1) is 0 Å². The minimum atomic E-state index is -0.709. The van der Waals surface area contributed by atoms with Gasteiger partial charge in [-0.3, -0.25) is 4.79 Å². The normalized spacial score (nSPS) is 14.6. The summed E-state index contributed by atoms with van der Waals surface area (Å²) in [6.07, 6.45) is 3.63. The number of H-pyrrole nitrogens is 1. The number of ether oxygens (including phenoxy) is 1. The lowest BCUT2D eigenvalue weighted by Crippen LogP contribution is -2.18. The summed E-state index contributed by atoms with van der Waals surface area (Å²) < 4.78 is 20.7. The van der Waals surface area contributed by atoms with Gasteiger partial charge in [0, 0.05) is 42.5 Å². The third-order valence-electron chi connectivity index (χ3n) is 6.83. The minimum Gasteiger partial charge on any atom is -0.382 e. The Balaban J connectivity index is 1.61. The van der Waals surface area contributed by atoms with Crippen molar-refractivity contribution >= 4 is 16.6 Å². The lowest BCUT2D eigenvalue weighted by molar-refractivity contribution is 0.0850. The van der Waals surface area contributed by atoms with E-state index in [0.29, 0.717) is 28.1 Å². The van der Waals surface area contributed by atoms with E-state index in [0.717, 1.165) is 49.1 Å². The van der Waals surface area contributed by atoms with Crippen molar-refractivity contribution in [2.45, 2.75) is 32.2 Å². The second-order valence-corrected chi connectivity index (χ2v) is 9.70. The maximum Gasteiger partial charge on any atom is 0.255 e. The fourth-order valence-corrected chi connectivity index (χ4v) is 5.01. The van der Waals surface area contributed by atoms with Crippen molar-refractivity contribution in [3.05, 3.63) is 75.6 Å². The summed E-state index contributed by atoms with van der Waals surface area (Å²) in [5, 5.41) is 1.36. The maximum absolute atomic E-state index is 15.1. The molecular formula is C28H30FN5O2. The Labute approximate surface area is 209 Å². The van der Waals surface area contributed by atoms with Gasteiger partial charge in [-0.15, -0.1) is 0 Å². The fourth-order valence-electron chi connectivity index (χ4n) is 5.01. The Kier molecular flexibility index (Phi) is 6.55. The molecule has 1 saturated heterocycles. The molecule has 5 rings (SSSR count). The molecule has 36 heavy (non-hydrogen) atoms. The highest BCUT2D eigenvalue weighted by Gasteiger charge is 2.22. The first kappa shape index (κ1) is 24.1. The Bertz CT molecular complexity index is 1490. The molecule has 3 heterocycles. The largest absolute Gasteiger partial charge is 0.382 e. The zero-order chi connectivity index (χ0) is 25.4. The van der Waals surface area contributed by atoms with Crippen molar-refractivity contribution in [3.63, 3.8) is 0 Å². The molecule has 0 amide bonds. The summed E-state index contributed by atoms with van der Waals surface area (Å²) in [6.45, 7) is 4.16. The van der Waals surface area contributed by atoms with Gasteiger partial charge in [0.1, 0.15) is 11.4 Å². The number of anilines is 1. The molecule has 0 aliphatic carbocycles. The van der Waals surface area contributed by atoms with Gasteiger partial charge < -0.3 is 20.4 Å². The number of pyridine rings is 1. The molecule has 0 unspecified atom stereocenters. The first-order valence-corrected chi connectivity index (χ1v) is 12.1. The second-order valence-electron chi connectivity index (χ2n) is 9.70. The second kappa shape index (κ2) is 9.79. The lowest BCUT2D eigenvalue weighted by atomic mass is 9.87. The molecule has 7 nitrogen and oxygen atoms in total. The van der Waals surface area contributed by atoms with Crippen LogP contribution in [0.4, 0.5) is 10.2 Å². The Morgan fingerprint density at radius 3 is 2.53 bits per heavy atom. The van der Waals surface area contributed by atoms with Crippen LogP contribution < -0.4 is 11.3 Å². The highest BCUT2D eigenvalue weighted by atomic mass is 19.1. The number of nitrogen functional groups attached to an aromatic ring is 1. The molecule has 2 aromatic carbocycles. The van der Waals surface area contributed by atoms with E-state index in [1.807, 2.05) is 39.2 Å². The molecule has 1 aliphatic rings. The van der Waals surface area contributed by atoms with Crippen LogP contribution in [0, 0.1) is 12.9 Å². The summed E-state index contributed by atoms with van der Waals surface area (Å²) in [6, 6.07) is 11.4. The van der Waals surface area contributed by atoms with Gasteiger partial charge in [0.2, 0.25) is 5.95 Å². The molecule has 0 radical (unpaired) electrons. The number of nitrogens with zero attached hydrogens (tertiary/aromatic N) is 3. The van der Waals surface area contributed by atoms with Crippen LogP contribution >= 0.6 is 0 Å². The molecular weight excluding hydrogens is 457 g/mol. The van der Waals surface area contributed by atoms with Gasteiger partial charge >= 0.3 is 0 Å². The summed E-state index contributed by atoms with van der Waals surface area (Å²) >= 11 is 0. The van der Waals surface area contributed by atoms with E-state index in [1.54, 1.807) is 18.3 Å². The number of hydrogen-bond donors (Lipinski definition) is 2. The van der Waals surface area contributed by atoms with Crippen molar-refractivity contribution in [2.75, 3.05) is 33.0 Å². The van der Waals surface area contributed by atoms with Crippen LogP contribution in [-0.4, -0.2) is 47.2 Å². The summed E-state index contributed by atoms with van der Waals surface area (Å²) in [5.41, 5.74) is 11.2. The SMILES string of the molecule is Cc1c[nH]c(=O)c2ccc(-c3nc(-c4ccc(C5CCOCC5)c(CN(C)C)c4)c(F)nc3N)cc12. The van der Waals surface area contributed by atoms with Gasteiger partial charge in [-0.05, 0) is 80.1 Å². The molecule has 186 valence electrons. The molecule has 0 saturated carbocycles. The van der Waals surface area contributed by atoms with Gasteiger partial charge in [0.15, 0.2) is 5.82 Å². The number of nitrogens with two attached hydrogens (primary N) is 1. The van der Waals surface area contributed by atoms with Crippen molar-refractivity contribution in [1.82, 2.24) is 19.9 Å². The number of benzene rings is 2. The van der Waals surface area contributed by atoms with Crippen molar-refractivity contribution in [1.29, 1.82) is 0 Å². The molecule has 2 aromatic heterocycles. The molecule has 1 fully saturated rings. The Morgan fingerprint density at radius 1 is 1.06 bits per heavy atom. The summed E-state index contributed by atoms with van der Waals surface area (Å²) in [5.74, 6) is -0.283. The molecule has 0 spiro atoms. The molecule has 3 N–H and O–H groups in total. The minimum absolute atomic E-state index is 0.00503. The van der Waals surface area contributed by atoms with E-state index in [2.05, 4.69) is 25.9 Å².